The molecule has 0 saturated heterocycles. The van der Waals surface area contributed by atoms with Gasteiger partial charge in [-0.1, -0.05) is 0 Å². The number of amides is 1. The van der Waals surface area contributed by atoms with Crippen molar-refractivity contribution in [3.8, 4) is 0 Å². The minimum absolute atomic E-state index is 0.0863. The lowest BCUT2D eigenvalue weighted by Crippen LogP contribution is -2.26. The molecule has 2 N–H and O–H groups in total. The Morgan fingerprint density at radius 1 is 1.04 bits per heavy atom. The van der Waals surface area contributed by atoms with E-state index in [9.17, 15) is 4.79 Å². The van der Waals surface area contributed by atoms with Crippen LogP contribution in [0.1, 0.15) is 45.0 Å². The average Bonchev–Trinajstić information content (AvgIpc) is 2.56. The van der Waals surface area contributed by atoms with Crippen molar-refractivity contribution in [2.45, 2.75) is 40.2 Å². The number of hydrogen-bond donors (Lipinski definition) is 2. The van der Waals surface area contributed by atoms with Crippen molar-refractivity contribution in [1.82, 2.24) is 4.98 Å². The zero-order chi connectivity index (χ0) is 18.4. The molecule has 0 aliphatic carbocycles. The highest BCUT2D eigenvalue weighted by Gasteiger charge is 2.12. The highest BCUT2D eigenvalue weighted by Crippen LogP contribution is 2.19. The minimum Gasteiger partial charge on any atom is -0.379 e. The molecule has 0 bridgehead atoms. The molecule has 0 saturated carbocycles. The number of nitrogens with one attached hydrogen (secondary N) is 2. The molecule has 0 radical (unpaired) electrons. The van der Waals surface area contributed by atoms with Gasteiger partial charge in [-0.3, -0.25) is 9.78 Å². The highest BCUT2D eigenvalue weighted by molar-refractivity contribution is 6.04. The van der Waals surface area contributed by atoms with Crippen molar-refractivity contribution in [2.24, 2.45) is 0 Å². The van der Waals surface area contributed by atoms with E-state index < -0.39 is 0 Å². The molecular weight excluding hydrogens is 312 g/mol. The van der Waals surface area contributed by atoms with E-state index in [1.54, 1.807) is 12.4 Å². The fourth-order valence-corrected chi connectivity index (χ4v) is 2.61. The largest absolute Gasteiger partial charge is 0.379 e. The third-order valence-electron chi connectivity index (χ3n) is 3.77. The summed E-state index contributed by atoms with van der Waals surface area (Å²) in [5, 5.41) is 6.25. The van der Waals surface area contributed by atoms with E-state index in [-0.39, 0.29) is 11.4 Å². The fourth-order valence-electron chi connectivity index (χ4n) is 2.61. The van der Waals surface area contributed by atoms with Crippen molar-refractivity contribution in [1.29, 1.82) is 0 Å². The predicted molar refractivity (Wildman–Crippen MR) is 106 cm³/mol. The summed E-state index contributed by atoms with van der Waals surface area (Å²) >= 11 is 0. The van der Waals surface area contributed by atoms with Crippen LogP contribution in [0, 0.1) is 0 Å². The molecule has 5 nitrogen and oxygen atoms in total. The van der Waals surface area contributed by atoms with E-state index >= 15 is 0 Å². The zero-order valence-electron chi connectivity index (χ0n) is 15.8. The van der Waals surface area contributed by atoms with Gasteiger partial charge in [0.25, 0.3) is 5.91 Å². The first-order valence-electron chi connectivity index (χ1n) is 8.72. The van der Waals surface area contributed by atoms with Gasteiger partial charge in [-0.15, -0.1) is 0 Å². The molecule has 1 amide bonds. The van der Waals surface area contributed by atoms with Gasteiger partial charge in [0, 0.05) is 42.4 Å². The first-order chi connectivity index (χ1) is 11.8. The van der Waals surface area contributed by atoms with E-state index in [2.05, 4.69) is 55.1 Å². The minimum atomic E-state index is -0.166. The number of hydrogen-bond acceptors (Lipinski definition) is 4. The lowest BCUT2D eigenvalue weighted by atomic mass is 10.1. The number of benzene rings is 1. The van der Waals surface area contributed by atoms with Crippen LogP contribution < -0.4 is 15.5 Å². The summed E-state index contributed by atoms with van der Waals surface area (Å²) in [5.74, 6) is -0.166. The summed E-state index contributed by atoms with van der Waals surface area (Å²) in [6.07, 6.45) is 3.30. The second-order valence-corrected chi connectivity index (χ2v) is 7.01. The second kappa shape index (κ2) is 8.01. The van der Waals surface area contributed by atoms with E-state index in [1.165, 1.54) is 0 Å². The summed E-state index contributed by atoms with van der Waals surface area (Å²) in [6, 6.07) is 9.72. The summed E-state index contributed by atoms with van der Waals surface area (Å²) in [6.45, 7) is 12.4. The first-order valence-corrected chi connectivity index (χ1v) is 8.72. The van der Waals surface area contributed by atoms with Crippen LogP contribution in [0.3, 0.4) is 0 Å². The number of aromatic nitrogens is 1. The number of pyridine rings is 1. The van der Waals surface area contributed by atoms with Gasteiger partial charge in [0.2, 0.25) is 0 Å². The Morgan fingerprint density at radius 3 is 2.24 bits per heavy atom. The normalized spacial score (nSPS) is 11.1. The Hall–Kier alpha value is -2.56. The Labute approximate surface area is 150 Å². The molecule has 0 atom stereocenters. The number of nitrogens with zero attached hydrogens (tertiary/aromatic N) is 2. The van der Waals surface area contributed by atoms with Gasteiger partial charge < -0.3 is 15.5 Å². The lowest BCUT2D eigenvalue weighted by Gasteiger charge is -2.22. The average molecular weight is 340 g/mol. The summed E-state index contributed by atoms with van der Waals surface area (Å²) < 4.78 is 0. The van der Waals surface area contributed by atoms with Crippen LogP contribution in [-0.2, 0) is 0 Å². The molecule has 1 aromatic carbocycles. The van der Waals surface area contributed by atoms with Crippen LogP contribution in [-0.4, -0.2) is 29.5 Å². The van der Waals surface area contributed by atoms with Crippen LogP contribution in [0.4, 0.5) is 17.1 Å². The number of anilines is 3. The molecular formula is C20H28N4O. The van der Waals surface area contributed by atoms with E-state index in [4.69, 9.17) is 0 Å². The van der Waals surface area contributed by atoms with Crippen molar-refractivity contribution in [3.05, 3.63) is 48.3 Å². The van der Waals surface area contributed by atoms with Gasteiger partial charge in [-0.25, -0.2) is 0 Å². The molecule has 0 aliphatic rings. The van der Waals surface area contributed by atoms with Crippen LogP contribution in [0.25, 0.3) is 0 Å². The molecule has 2 rings (SSSR count). The maximum absolute atomic E-state index is 12.5. The quantitative estimate of drug-likeness (QED) is 0.819. The lowest BCUT2D eigenvalue weighted by molar-refractivity contribution is 0.102. The summed E-state index contributed by atoms with van der Waals surface area (Å²) in [4.78, 5) is 18.9. The Balaban J connectivity index is 2.08. The van der Waals surface area contributed by atoms with Gasteiger partial charge >= 0.3 is 0 Å². The molecule has 1 heterocycles. The zero-order valence-corrected chi connectivity index (χ0v) is 15.8. The molecule has 5 heteroatoms. The van der Waals surface area contributed by atoms with Crippen LogP contribution >= 0.6 is 0 Å². The number of rotatable bonds is 6. The predicted octanol–water partition coefficient (Wildman–Crippen LogP) is 4.39. The van der Waals surface area contributed by atoms with Gasteiger partial charge in [-0.2, -0.15) is 0 Å². The van der Waals surface area contributed by atoms with Crippen LogP contribution in [0.15, 0.2) is 42.7 Å². The monoisotopic (exact) mass is 340 g/mol. The van der Waals surface area contributed by atoms with Gasteiger partial charge in [0.1, 0.15) is 0 Å². The maximum atomic E-state index is 12.5. The topological polar surface area (TPSA) is 57.3 Å². The van der Waals surface area contributed by atoms with Crippen molar-refractivity contribution in [3.63, 3.8) is 0 Å². The third-order valence-corrected chi connectivity index (χ3v) is 3.77. The summed E-state index contributed by atoms with van der Waals surface area (Å²) in [5.41, 5.74) is 3.20. The Kier molecular flexibility index (Phi) is 6.02. The smallest absolute Gasteiger partial charge is 0.257 e. The molecule has 25 heavy (non-hydrogen) atoms. The highest BCUT2D eigenvalue weighted by atomic mass is 16.1. The molecule has 0 aliphatic heterocycles. The number of carbonyl (C=O) groups is 1. The van der Waals surface area contributed by atoms with E-state index in [0.717, 1.165) is 30.2 Å². The van der Waals surface area contributed by atoms with Crippen LogP contribution in [0.5, 0.6) is 0 Å². The Morgan fingerprint density at radius 2 is 1.68 bits per heavy atom. The molecule has 1 aromatic heterocycles. The van der Waals surface area contributed by atoms with Crippen molar-refractivity contribution in [2.75, 3.05) is 28.6 Å². The maximum Gasteiger partial charge on any atom is 0.257 e. The standard InChI is InChI=1S/C20H28N4O/c1-6-24(7-2)18-10-8-16(9-11-18)22-19(25)15-12-17(14-21-13-15)23-20(3,4)5/h8-14,23H,6-7H2,1-5H3,(H,22,25). The first kappa shape index (κ1) is 18.8. The molecule has 0 spiro atoms. The number of carbonyl (C=O) groups excluding carboxylic acids is 1. The molecule has 134 valence electrons. The SMILES string of the molecule is CCN(CC)c1ccc(NC(=O)c2cncc(NC(C)(C)C)c2)cc1. The van der Waals surface area contributed by atoms with Crippen LogP contribution in [0.2, 0.25) is 0 Å². The second-order valence-electron chi connectivity index (χ2n) is 7.01. The van der Waals surface area contributed by atoms with Gasteiger partial charge in [0.05, 0.1) is 11.3 Å². The summed E-state index contributed by atoms with van der Waals surface area (Å²) in [7, 11) is 0. The fraction of sp³-hybridized carbons (Fsp3) is 0.400. The van der Waals surface area contributed by atoms with Crippen molar-refractivity contribution >= 4 is 23.0 Å². The van der Waals surface area contributed by atoms with Gasteiger partial charge in [-0.05, 0) is 65.0 Å². The van der Waals surface area contributed by atoms with E-state index in [1.807, 2.05) is 30.3 Å². The van der Waals surface area contributed by atoms with Crippen molar-refractivity contribution < 1.29 is 4.79 Å². The molecule has 0 unspecified atom stereocenters. The Bertz CT molecular complexity index is 700. The molecule has 2 aromatic rings. The molecule has 0 fully saturated rings. The van der Waals surface area contributed by atoms with E-state index in [0.29, 0.717) is 5.56 Å². The van der Waals surface area contributed by atoms with Gasteiger partial charge in [0.15, 0.2) is 0 Å². The third kappa shape index (κ3) is 5.48.